The molecule has 1 heterocycles. The number of benzene rings is 3. The van der Waals surface area contributed by atoms with E-state index < -0.39 is 5.97 Å². The summed E-state index contributed by atoms with van der Waals surface area (Å²) in [5.41, 5.74) is 5.31. The van der Waals surface area contributed by atoms with Crippen molar-refractivity contribution in [2.45, 2.75) is 34.6 Å². The lowest BCUT2D eigenvalue weighted by molar-refractivity contribution is -0.157. The highest BCUT2D eigenvalue weighted by atomic mass is 35.5. The largest absolute Gasteiger partial charge is 0.456 e. The van der Waals surface area contributed by atoms with E-state index in [1.165, 1.54) is 13.0 Å². The fourth-order valence-corrected chi connectivity index (χ4v) is 3.63. The summed E-state index contributed by atoms with van der Waals surface area (Å²) in [7, 11) is 0. The maximum atomic E-state index is 12.0. The monoisotopic (exact) mass is 516 g/mol. The molecule has 0 atom stereocenters. The average Bonchev–Trinajstić information content (AvgIpc) is 2.82. The van der Waals surface area contributed by atoms with Crippen LogP contribution < -0.4 is 5.43 Å². The SMILES string of the molecule is CC.CC(=O)OCOC=O.Cc1cc2oc3cc(=O)c(Cl)cc-3c(-c3ccccc3C)c2cc1Cl. The van der Waals surface area contributed by atoms with Gasteiger partial charge in [-0.25, -0.2) is 0 Å². The molecular weight excluding hydrogens is 491 g/mol. The van der Waals surface area contributed by atoms with Crippen LogP contribution in [0.25, 0.3) is 33.4 Å². The third kappa shape index (κ3) is 6.84. The lowest BCUT2D eigenvalue weighted by atomic mass is 9.91. The van der Waals surface area contributed by atoms with E-state index in [1.54, 1.807) is 6.07 Å². The van der Waals surface area contributed by atoms with Gasteiger partial charge >= 0.3 is 5.97 Å². The molecule has 0 N–H and O–H groups in total. The Labute approximate surface area is 213 Å². The summed E-state index contributed by atoms with van der Waals surface area (Å²) >= 11 is 12.5. The van der Waals surface area contributed by atoms with Crippen molar-refractivity contribution in [1.82, 2.24) is 0 Å². The van der Waals surface area contributed by atoms with E-state index in [0.29, 0.717) is 16.4 Å². The molecule has 1 aliphatic carbocycles. The van der Waals surface area contributed by atoms with Gasteiger partial charge < -0.3 is 13.9 Å². The Bertz CT molecular complexity index is 1360. The van der Waals surface area contributed by atoms with Gasteiger partial charge in [-0.1, -0.05) is 61.3 Å². The maximum Gasteiger partial charge on any atom is 0.305 e. The van der Waals surface area contributed by atoms with E-state index in [9.17, 15) is 14.4 Å². The molecule has 0 saturated carbocycles. The lowest BCUT2D eigenvalue weighted by Gasteiger charge is -2.17. The molecule has 0 aromatic heterocycles. The summed E-state index contributed by atoms with van der Waals surface area (Å²) in [6, 6.07) is 15.0. The Morgan fingerprint density at radius 3 is 2.29 bits per heavy atom. The summed E-state index contributed by atoms with van der Waals surface area (Å²) in [6.07, 6.45) is 0. The summed E-state index contributed by atoms with van der Waals surface area (Å²) in [4.78, 5) is 31.3. The first-order valence-electron chi connectivity index (χ1n) is 10.8. The Balaban J connectivity index is 0.000000371. The number of halogens is 2. The van der Waals surface area contributed by atoms with Crippen LogP contribution in [0.5, 0.6) is 0 Å². The molecule has 4 rings (SSSR count). The van der Waals surface area contributed by atoms with Gasteiger partial charge in [0.25, 0.3) is 6.47 Å². The van der Waals surface area contributed by atoms with Crippen LogP contribution in [0.4, 0.5) is 0 Å². The van der Waals surface area contributed by atoms with Gasteiger partial charge in [0.05, 0.1) is 5.02 Å². The molecule has 8 heteroatoms. The highest BCUT2D eigenvalue weighted by molar-refractivity contribution is 6.32. The van der Waals surface area contributed by atoms with E-state index in [1.807, 2.05) is 45.0 Å². The second-order valence-corrected chi connectivity index (χ2v) is 8.00. The second kappa shape index (κ2) is 12.9. The lowest BCUT2D eigenvalue weighted by Crippen LogP contribution is -2.03. The van der Waals surface area contributed by atoms with Crippen LogP contribution in [0, 0.1) is 13.8 Å². The van der Waals surface area contributed by atoms with Gasteiger partial charge in [-0.15, -0.1) is 0 Å². The highest BCUT2D eigenvalue weighted by Crippen LogP contribution is 2.42. The third-order valence-corrected chi connectivity index (χ3v) is 5.57. The minimum Gasteiger partial charge on any atom is -0.456 e. The highest BCUT2D eigenvalue weighted by Gasteiger charge is 2.20. The van der Waals surface area contributed by atoms with Crippen molar-refractivity contribution in [3.63, 3.8) is 0 Å². The first kappa shape index (κ1) is 27.9. The number of aryl methyl sites for hydroxylation is 2. The first-order chi connectivity index (χ1) is 16.7. The van der Waals surface area contributed by atoms with Crippen molar-refractivity contribution in [2.24, 2.45) is 0 Å². The summed E-state index contributed by atoms with van der Waals surface area (Å²) in [6.45, 7) is 9.13. The van der Waals surface area contributed by atoms with Crippen molar-refractivity contribution < 1.29 is 23.5 Å². The van der Waals surface area contributed by atoms with E-state index >= 15 is 0 Å². The van der Waals surface area contributed by atoms with Crippen LogP contribution in [0.15, 0.2) is 57.7 Å². The molecule has 0 bridgehead atoms. The Kier molecular flexibility index (Phi) is 10.3. The third-order valence-electron chi connectivity index (χ3n) is 4.87. The van der Waals surface area contributed by atoms with Crippen molar-refractivity contribution >= 4 is 46.6 Å². The van der Waals surface area contributed by atoms with E-state index in [-0.39, 0.29) is 23.7 Å². The summed E-state index contributed by atoms with van der Waals surface area (Å²) in [5.74, 6) is 0.0497. The molecule has 0 fully saturated rings. The van der Waals surface area contributed by atoms with Gasteiger partial charge in [-0.2, -0.15) is 0 Å². The number of ether oxygens (including phenoxy) is 2. The summed E-state index contributed by atoms with van der Waals surface area (Å²) in [5, 5.41) is 1.74. The molecule has 35 heavy (non-hydrogen) atoms. The zero-order valence-corrected chi connectivity index (χ0v) is 21.6. The van der Waals surface area contributed by atoms with Crippen molar-refractivity contribution in [3.05, 3.63) is 79.9 Å². The molecule has 2 aromatic carbocycles. The minimum absolute atomic E-state index is 0.176. The van der Waals surface area contributed by atoms with Crippen LogP contribution in [0.3, 0.4) is 0 Å². The maximum absolute atomic E-state index is 12.0. The zero-order chi connectivity index (χ0) is 26.1. The molecule has 0 unspecified atom stereocenters. The molecule has 0 saturated heterocycles. The molecule has 2 aliphatic rings. The van der Waals surface area contributed by atoms with E-state index in [0.717, 1.165) is 33.2 Å². The molecular formula is C27H26Cl2O6. The number of esters is 1. The number of carbonyl (C=O) groups excluding carboxylic acids is 2. The standard InChI is InChI=1S/C21H14Cl2O2.C4H6O4.C2H6/c1-11-5-3-4-6-13(11)21-14-8-16(22)12(2)7-19(14)25-20-10-18(24)17(23)9-15(20)21;1-4(6)8-3-7-2-5;1-2/h3-10H,1-2H3;2H,3H2,1H3;1-2H3. The average molecular weight is 517 g/mol. The van der Waals surface area contributed by atoms with Gasteiger partial charge in [0, 0.05) is 34.5 Å². The number of carbonyl (C=O) groups is 2. The molecule has 2 aromatic rings. The van der Waals surface area contributed by atoms with Crippen LogP contribution >= 0.6 is 23.2 Å². The van der Waals surface area contributed by atoms with Gasteiger partial charge in [0.15, 0.2) is 0 Å². The fraction of sp³-hybridized carbons (Fsp3) is 0.222. The molecule has 0 amide bonds. The van der Waals surface area contributed by atoms with Crippen LogP contribution in [-0.4, -0.2) is 19.2 Å². The molecule has 0 spiro atoms. The summed E-state index contributed by atoms with van der Waals surface area (Å²) < 4.78 is 14.2. The van der Waals surface area contributed by atoms with Gasteiger partial charge in [-0.3, -0.25) is 14.4 Å². The molecule has 6 nitrogen and oxygen atoms in total. The molecule has 184 valence electrons. The quantitative estimate of drug-likeness (QED) is 0.0937. The van der Waals surface area contributed by atoms with Crippen LogP contribution in [-0.2, 0) is 19.1 Å². The van der Waals surface area contributed by atoms with E-state index in [2.05, 4.69) is 28.5 Å². The molecule has 0 radical (unpaired) electrons. The second-order valence-electron chi connectivity index (χ2n) is 7.18. The van der Waals surface area contributed by atoms with Gasteiger partial charge in [0.2, 0.25) is 12.2 Å². The van der Waals surface area contributed by atoms with Crippen LogP contribution in [0.1, 0.15) is 31.9 Å². The number of hydrogen-bond donors (Lipinski definition) is 0. The zero-order valence-electron chi connectivity index (χ0n) is 20.1. The normalized spacial score (nSPS) is 10.0. The van der Waals surface area contributed by atoms with Crippen molar-refractivity contribution in [2.75, 3.05) is 6.79 Å². The number of hydrogen-bond acceptors (Lipinski definition) is 6. The number of rotatable bonds is 4. The molecule has 1 aliphatic heterocycles. The topological polar surface area (TPSA) is 82.8 Å². The Hall–Kier alpha value is -3.35. The van der Waals surface area contributed by atoms with Gasteiger partial charge in [-0.05, 0) is 48.7 Å². The fourth-order valence-electron chi connectivity index (χ4n) is 3.30. The predicted octanol–water partition coefficient (Wildman–Crippen LogP) is 7.19. The number of fused-ring (bicyclic) bond motifs is 2. The first-order valence-corrected chi connectivity index (χ1v) is 11.6. The van der Waals surface area contributed by atoms with Crippen molar-refractivity contribution in [3.8, 4) is 22.5 Å². The van der Waals surface area contributed by atoms with Crippen LogP contribution in [0.2, 0.25) is 10.0 Å². The Morgan fingerprint density at radius 1 is 0.971 bits per heavy atom. The predicted molar refractivity (Wildman–Crippen MR) is 139 cm³/mol. The van der Waals surface area contributed by atoms with Crippen molar-refractivity contribution in [1.29, 1.82) is 0 Å². The van der Waals surface area contributed by atoms with Gasteiger partial charge in [0.1, 0.15) is 11.3 Å². The Morgan fingerprint density at radius 2 is 1.66 bits per heavy atom. The van der Waals surface area contributed by atoms with E-state index in [4.69, 9.17) is 27.6 Å². The minimum atomic E-state index is -0.466. The smallest absolute Gasteiger partial charge is 0.305 e.